The van der Waals surface area contributed by atoms with E-state index in [9.17, 15) is 14.6 Å². The summed E-state index contributed by atoms with van der Waals surface area (Å²) in [5, 5.41) is 9.34. The molecule has 0 bridgehead atoms. The summed E-state index contributed by atoms with van der Waals surface area (Å²) < 4.78 is 31.1. The van der Waals surface area contributed by atoms with E-state index in [4.69, 9.17) is 14.0 Å². The van der Waals surface area contributed by atoms with Crippen molar-refractivity contribution in [3.05, 3.63) is 48.2 Å². The van der Waals surface area contributed by atoms with Gasteiger partial charge in [0.1, 0.15) is 11.2 Å². The first kappa shape index (κ1) is 29.2. The molecule has 3 heterocycles. The fraction of sp³-hybridized carbons (Fsp3) is 0.552. The van der Waals surface area contributed by atoms with Gasteiger partial charge in [-0.3, -0.25) is 14.4 Å². The van der Waals surface area contributed by atoms with Gasteiger partial charge >= 0.3 is 6.09 Å². The van der Waals surface area contributed by atoms with Crippen LogP contribution in [0, 0.1) is 16.7 Å². The van der Waals surface area contributed by atoms with E-state index in [1.54, 1.807) is 36.7 Å². The molecule has 1 spiro atoms. The van der Waals surface area contributed by atoms with Gasteiger partial charge in [0.15, 0.2) is 13.2 Å². The maximum atomic E-state index is 13.1. The van der Waals surface area contributed by atoms with Crippen LogP contribution in [0.3, 0.4) is 0 Å². The van der Waals surface area contributed by atoms with Gasteiger partial charge < -0.3 is 18.6 Å². The van der Waals surface area contributed by atoms with E-state index in [0.29, 0.717) is 36.6 Å². The van der Waals surface area contributed by atoms with Crippen molar-refractivity contribution in [2.45, 2.75) is 64.2 Å². The highest BCUT2D eigenvalue weighted by Gasteiger charge is 2.52. The Morgan fingerprint density at radius 3 is 2.68 bits per heavy atom. The van der Waals surface area contributed by atoms with Crippen molar-refractivity contribution in [1.29, 1.82) is 5.26 Å². The summed E-state index contributed by atoms with van der Waals surface area (Å²) in [5.41, 5.74) is 1.51. The average Bonchev–Trinajstić information content (AvgIpc) is 3.45. The van der Waals surface area contributed by atoms with Crippen LogP contribution in [-0.4, -0.2) is 64.3 Å². The third-order valence-corrected chi connectivity index (χ3v) is 8.72. The molecule has 3 aromatic rings. The van der Waals surface area contributed by atoms with Crippen LogP contribution in [0.5, 0.6) is 0 Å². The van der Waals surface area contributed by atoms with Gasteiger partial charge in [-0.05, 0) is 63.1 Å². The first-order valence-electron chi connectivity index (χ1n) is 13.8. The molecular formula is C29H37N6O5P. The van der Waals surface area contributed by atoms with Crippen LogP contribution in [0.4, 0.5) is 10.6 Å². The summed E-state index contributed by atoms with van der Waals surface area (Å²) in [6.45, 7) is 10.7. The zero-order chi connectivity index (χ0) is 29.5. The van der Waals surface area contributed by atoms with E-state index >= 15 is 0 Å². The lowest BCUT2D eigenvalue weighted by atomic mass is 9.68. The maximum Gasteiger partial charge on any atom is 0.416 e. The maximum absolute atomic E-state index is 13.1. The Hall–Kier alpha value is -3.32. The van der Waals surface area contributed by atoms with Gasteiger partial charge in [0.2, 0.25) is 0 Å². The number of hydrogen-bond donors (Lipinski definition) is 0. The van der Waals surface area contributed by atoms with Gasteiger partial charge in [-0.1, -0.05) is 6.92 Å². The Balaban J connectivity index is 1.26. The second kappa shape index (κ2) is 10.8. The van der Waals surface area contributed by atoms with Crippen LogP contribution in [-0.2, 0) is 30.7 Å². The Labute approximate surface area is 240 Å². The molecule has 0 radical (unpaired) electrons. The topological polar surface area (TPSA) is 132 Å². The molecule has 1 unspecified atom stereocenters. The number of nitriles is 1. The molecule has 2 fully saturated rings. The van der Waals surface area contributed by atoms with Crippen molar-refractivity contribution in [2.75, 3.05) is 38.0 Å². The smallest absolute Gasteiger partial charge is 0.416 e. The number of nitrogens with zero attached hydrogens (tertiary/aromatic N) is 6. The molecule has 1 saturated heterocycles. The minimum Gasteiger partial charge on any atom is -0.441 e. The predicted molar refractivity (Wildman–Crippen MR) is 154 cm³/mol. The Morgan fingerprint density at radius 1 is 1.17 bits per heavy atom. The lowest BCUT2D eigenvalue weighted by Crippen LogP contribution is -2.45. The lowest BCUT2D eigenvalue weighted by molar-refractivity contribution is -0.0363. The van der Waals surface area contributed by atoms with Crippen molar-refractivity contribution in [2.24, 2.45) is 5.41 Å². The van der Waals surface area contributed by atoms with Crippen LogP contribution in [0.15, 0.2) is 36.9 Å². The number of fused-ring (bicyclic) bond motifs is 1. The van der Waals surface area contributed by atoms with Crippen molar-refractivity contribution < 1.29 is 23.4 Å². The summed E-state index contributed by atoms with van der Waals surface area (Å²) in [7, 11) is -2.57. The number of amides is 1. The van der Waals surface area contributed by atoms with Gasteiger partial charge in [0, 0.05) is 19.9 Å². The van der Waals surface area contributed by atoms with Gasteiger partial charge in [-0.25, -0.2) is 14.8 Å². The molecule has 5 rings (SSSR count). The molecule has 12 heteroatoms. The minimum atomic E-state index is -2.57. The first-order chi connectivity index (χ1) is 19.3. The number of carbonyl (C=O) groups is 1. The zero-order valence-corrected chi connectivity index (χ0v) is 25.2. The Kier molecular flexibility index (Phi) is 7.70. The van der Waals surface area contributed by atoms with Crippen LogP contribution >= 0.6 is 7.37 Å². The summed E-state index contributed by atoms with van der Waals surface area (Å²) >= 11 is 0. The minimum absolute atomic E-state index is 0.130. The third-order valence-electron chi connectivity index (χ3n) is 7.91. The largest absolute Gasteiger partial charge is 0.441 e. The predicted octanol–water partition coefficient (Wildman–Crippen LogP) is 5.48. The van der Waals surface area contributed by atoms with Crippen molar-refractivity contribution in [3.8, 4) is 6.07 Å². The van der Waals surface area contributed by atoms with E-state index in [1.165, 1.54) is 0 Å². The number of carbonyl (C=O) groups excluding carboxylic acids is 1. The van der Waals surface area contributed by atoms with Crippen molar-refractivity contribution in [3.63, 3.8) is 0 Å². The molecule has 1 aliphatic carbocycles. The molecule has 218 valence electrons. The van der Waals surface area contributed by atoms with Crippen molar-refractivity contribution in [1.82, 2.24) is 19.5 Å². The van der Waals surface area contributed by atoms with E-state index in [-0.39, 0.29) is 18.6 Å². The van der Waals surface area contributed by atoms with Crippen molar-refractivity contribution >= 4 is 30.3 Å². The molecule has 0 N–H and O–H groups in total. The number of imidazole rings is 1. The molecule has 2 aliphatic rings. The quantitative estimate of drug-likeness (QED) is 0.238. The highest BCUT2D eigenvalue weighted by molar-refractivity contribution is 7.57. The van der Waals surface area contributed by atoms with E-state index in [2.05, 4.69) is 32.5 Å². The van der Waals surface area contributed by atoms with E-state index < -0.39 is 24.7 Å². The number of anilines is 1. The van der Waals surface area contributed by atoms with E-state index in [1.807, 2.05) is 32.3 Å². The summed E-state index contributed by atoms with van der Waals surface area (Å²) in [6.07, 6.45) is 8.01. The Morgan fingerprint density at radius 2 is 1.98 bits per heavy atom. The van der Waals surface area contributed by atoms with Gasteiger partial charge in [0.25, 0.3) is 0 Å². The lowest BCUT2D eigenvalue weighted by Gasteiger charge is -2.43. The van der Waals surface area contributed by atoms with Crippen LogP contribution < -0.4 is 4.90 Å². The molecule has 1 aliphatic heterocycles. The van der Waals surface area contributed by atoms with Crippen LogP contribution in [0.25, 0.3) is 11.0 Å². The van der Waals surface area contributed by atoms with Gasteiger partial charge in [-0.15, -0.1) is 0 Å². The molecule has 2 aromatic heterocycles. The van der Waals surface area contributed by atoms with Gasteiger partial charge in [0.05, 0.1) is 66.8 Å². The molecule has 1 amide bonds. The summed E-state index contributed by atoms with van der Waals surface area (Å²) in [6, 6.07) is 7.73. The monoisotopic (exact) mass is 580 g/mol. The zero-order valence-electron chi connectivity index (χ0n) is 24.3. The highest BCUT2D eigenvalue weighted by atomic mass is 31.2. The number of aromatic nitrogens is 4. The molecule has 11 nitrogen and oxygen atoms in total. The normalized spacial score (nSPS) is 23.2. The standard InChI is InChI=1S/C29H37N6O5P/c1-27(2,38-11-12-39-41(4,5)37)24-15-32-25(16-31-24)35-19-29(40-26(35)36)10-6-9-28(3,17-29)18-34-20-33-22-8-7-21(14-30)13-23(22)34/h7-8,13,15-16,20H,6,9-12,17-19H2,1-5H3/t28-,29?/m0/s1. The first-order valence-corrected chi connectivity index (χ1v) is 16.3. The molecule has 1 aromatic carbocycles. The fourth-order valence-electron chi connectivity index (χ4n) is 6.01. The number of benzene rings is 1. The number of ether oxygens (including phenoxy) is 2. The van der Waals surface area contributed by atoms with Gasteiger partial charge in [-0.2, -0.15) is 5.26 Å². The highest BCUT2D eigenvalue weighted by Crippen LogP contribution is 2.48. The second-order valence-corrected chi connectivity index (χ2v) is 15.1. The molecule has 2 atom stereocenters. The fourth-order valence-corrected chi connectivity index (χ4v) is 6.53. The number of hydrogen-bond acceptors (Lipinski definition) is 9. The SMILES string of the molecule is CC(C)(OCCOP(C)(C)=O)c1cnc(N2CC3(CCC[C@](C)(Cn4cnc5ccc(C#N)cc54)C3)OC2=O)cn1. The molecule has 1 saturated carbocycles. The van der Waals surface area contributed by atoms with Crippen LogP contribution in [0.1, 0.15) is 57.7 Å². The Bertz CT molecular complexity index is 1530. The average molecular weight is 581 g/mol. The van der Waals surface area contributed by atoms with E-state index in [0.717, 1.165) is 30.3 Å². The summed E-state index contributed by atoms with van der Waals surface area (Å²) in [5.74, 6) is 0.435. The molecular weight excluding hydrogens is 543 g/mol. The second-order valence-electron chi connectivity index (χ2n) is 12.4. The third kappa shape index (κ3) is 6.45. The number of rotatable bonds is 9. The van der Waals surface area contributed by atoms with Crippen LogP contribution in [0.2, 0.25) is 0 Å². The molecule has 41 heavy (non-hydrogen) atoms. The summed E-state index contributed by atoms with van der Waals surface area (Å²) in [4.78, 5) is 28.3.